The lowest BCUT2D eigenvalue weighted by molar-refractivity contribution is 0.103. The monoisotopic (exact) mass is 227 g/mol. The van der Waals surface area contributed by atoms with Crippen molar-refractivity contribution < 1.29 is 9.53 Å². The van der Waals surface area contributed by atoms with Crippen LogP contribution in [0.15, 0.2) is 48.7 Å². The molecule has 0 unspecified atom stereocenters. The molecule has 3 nitrogen and oxygen atoms in total. The molecule has 0 bridgehead atoms. The van der Waals surface area contributed by atoms with Crippen LogP contribution in [0.4, 0.5) is 0 Å². The van der Waals surface area contributed by atoms with Crippen LogP contribution in [0.3, 0.4) is 0 Å². The fraction of sp³-hybridized carbons (Fsp3) is 0.143. The van der Waals surface area contributed by atoms with E-state index in [0.717, 1.165) is 5.56 Å². The predicted octanol–water partition coefficient (Wildman–Crippen LogP) is 2.46. The van der Waals surface area contributed by atoms with E-state index in [-0.39, 0.29) is 5.78 Å². The number of rotatable bonds is 4. The van der Waals surface area contributed by atoms with Gasteiger partial charge in [0.15, 0.2) is 0 Å². The summed E-state index contributed by atoms with van der Waals surface area (Å²) in [6, 6.07) is 12.7. The molecular weight excluding hydrogens is 214 g/mol. The zero-order valence-corrected chi connectivity index (χ0v) is 9.59. The summed E-state index contributed by atoms with van der Waals surface area (Å²) < 4.78 is 5.02. The molecule has 0 fully saturated rings. The van der Waals surface area contributed by atoms with Crippen molar-refractivity contribution in [3.8, 4) is 0 Å². The fourth-order valence-electron chi connectivity index (χ4n) is 1.56. The Kier molecular flexibility index (Phi) is 3.62. The minimum Gasteiger partial charge on any atom is -0.380 e. The topological polar surface area (TPSA) is 39.2 Å². The minimum atomic E-state index is -0.0606. The van der Waals surface area contributed by atoms with Crippen LogP contribution in [0.1, 0.15) is 21.6 Å². The molecule has 0 saturated heterocycles. The third kappa shape index (κ3) is 2.77. The van der Waals surface area contributed by atoms with Crippen LogP contribution >= 0.6 is 0 Å². The smallest absolute Gasteiger partial charge is 0.211 e. The number of benzene rings is 1. The largest absolute Gasteiger partial charge is 0.380 e. The lowest BCUT2D eigenvalue weighted by Gasteiger charge is -2.02. The Morgan fingerprint density at radius 1 is 1.18 bits per heavy atom. The molecule has 2 aromatic rings. The minimum absolute atomic E-state index is 0.0606. The first-order chi connectivity index (χ1) is 8.31. The molecule has 1 aromatic heterocycles. The molecule has 3 heteroatoms. The van der Waals surface area contributed by atoms with Crippen molar-refractivity contribution in [1.29, 1.82) is 0 Å². The lowest BCUT2D eigenvalue weighted by Crippen LogP contribution is -2.03. The van der Waals surface area contributed by atoms with Crippen molar-refractivity contribution in [2.24, 2.45) is 0 Å². The highest BCUT2D eigenvalue weighted by Gasteiger charge is 2.09. The Bertz CT molecular complexity index is 491. The molecule has 0 saturated carbocycles. The number of nitrogens with zero attached hydrogens (tertiary/aromatic N) is 1. The Labute approximate surface area is 100 Å². The Morgan fingerprint density at radius 2 is 1.94 bits per heavy atom. The van der Waals surface area contributed by atoms with Crippen molar-refractivity contribution in [1.82, 2.24) is 4.98 Å². The number of ketones is 1. The molecule has 1 heterocycles. The maximum atomic E-state index is 12.0. The average Bonchev–Trinajstić information content (AvgIpc) is 2.40. The fourth-order valence-corrected chi connectivity index (χ4v) is 1.56. The highest BCUT2D eigenvalue weighted by Crippen LogP contribution is 2.09. The second-order valence-electron chi connectivity index (χ2n) is 3.67. The van der Waals surface area contributed by atoms with Crippen LogP contribution in [-0.4, -0.2) is 17.9 Å². The van der Waals surface area contributed by atoms with E-state index in [1.54, 1.807) is 43.6 Å². The maximum absolute atomic E-state index is 12.0. The van der Waals surface area contributed by atoms with E-state index in [1.165, 1.54) is 0 Å². The number of carbonyl (C=O) groups excluding carboxylic acids is 1. The summed E-state index contributed by atoms with van der Waals surface area (Å²) in [5.74, 6) is -0.0606. The average molecular weight is 227 g/mol. The number of methoxy groups -OCH3 is 1. The first kappa shape index (κ1) is 11.5. The number of hydrogen-bond acceptors (Lipinski definition) is 3. The van der Waals surface area contributed by atoms with Crippen LogP contribution in [0, 0.1) is 0 Å². The molecule has 86 valence electrons. The van der Waals surface area contributed by atoms with E-state index in [2.05, 4.69) is 4.98 Å². The molecule has 2 rings (SSSR count). The zero-order valence-electron chi connectivity index (χ0n) is 9.59. The van der Waals surface area contributed by atoms with Crippen LogP contribution in [0.25, 0.3) is 0 Å². The first-order valence-electron chi connectivity index (χ1n) is 5.35. The van der Waals surface area contributed by atoms with Gasteiger partial charge in [0.05, 0.1) is 6.61 Å². The van der Waals surface area contributed by atoms with E-state index in [0.29, 0.717) is 17.9 Å². The van der Waals surface area contributed by atoms with Gasteiger partial charge in [-0.1, -0.05) is 30.3 Å². The number of ether oxygens (including phenoxy) is 1. The summed E-state index contributed by atoms with van der Waals surface area (Å²) >= 11 is 0. The van der Waals surface area contributed by atoms with Crippen LogP contribution in [0.5, 0.6) is 0 Å². The molecule has 0 radical (unpaired) electrons. The Morgan fingerprint density at radius 3 is 2.53 bits per heavy atom. The van der Waals surface area contributed by atoms with Gasteiger partial charge >= 0.3 is 0 Å². The van der Waals surface area contributed by atoms with Crippen molar-refractivity contribution in [3.05, 3.63) is 65.5 Å². The second-order valence-corrected chi connectivity index (χ2v) is 3.67. The summed E-state index contributed by atoms with van der Waals surface area (Å²) in [4.78, 5) is 16.1. The van der Waals surface area contributed by atoms with Gasteiger partial charge in [-0.2, -0.15) is 0 Å². The van der Waals surface area contributed by atoms with Gasteiger partial charge in [0.25, 0.3) is 0 Å². The number of hydrogen-bond donors (Lipinski definition) is 0. The first-order valence-corrected chi connectivity index (χ1v) is 5.35. The van der Waals surface area contributed by atoms with Gasteiger partial charge in [0, 0.05) is 18.9 Å². The standard InChI is InChI=1S/C14H13NO2/c1-17-10-11-5-7-12(8-6-11)14(16)13-4-2-3-9-15-13/h2-9H,10H2,1H3. The van der Waals surface area contributed by atoms with Gasteiger partial charge in [-0.05, 0) is 17.7 Å². The molecule has 0 N–H and O–H groups in total. The Hall–Kier alpha value is -2.00. The molecule has 0 amide bonds. The third-order valence-corrected chi connectivity index (χ3v) is 2.42. The molecule has 1 aromatic carbocycles. The number of aromatic nitrogens is 1. The molecule has 0 atom stereocenters. The van der Waals surface area contributed by atoms with E-state index in [4.69, 9.17) is 4.74 Å². The van der Waals surface area contributed by atoms with Crippen molar-refractivity contribution in [3.63, 3.8) is 0 Å². The van der Waals surface area contributed by atoms with Gasteiger partial charge in [0.2, 0.25) is 5.78 Å². The molecule has 0 aliphatic heterocycles. The van der Waals surface area contributed by atoms with Crippen LogP contribution in [0.2, 0.25) is 0 Å². The maximum Gasteiger partial charge on any atom is 0.211 e. The lowest BCUT2D eigenvalue weighted by atomic mass is 10.1. The summed E-state index contributed by atoms with van der Waals surface area (Å²) in [7, 11) is 1.65. The van der Waals surface area contributed by atoms with Crippen molar-refractivity contribution >= 4 is 5.78 Å². The molecule has 0 spiro atoms. The van der Waals surface area contributed by atoms with Gasteiger partial charge in [0.1, 0.15) is 5.69 Å². The summed E-state index contributed by atoms with van der Waals surface area (Å²) in [6.45, 7) is 0.554. The molecule has 0 aliphatic rings. The highest BCUT2D eigenvalue weighted by atomic mass is 16.5. The predicted molar refractivity (Wildman–Crippen MR) is 64.8 cm³/mol. The SMILES string of the molecule is COCc1ccc(C(=O)c2ccccn2)cc1. The third-order valence-electron chi connectivity index (χ3n) is 2.42. The van der Waals surface area contributed by atoms with Gasteiger partial charge in [-0.3, -0.25) is 9.78 Å². The van der Waals surface area contributed by atoms with Gasteiger partial charge in [-0.15, -0.1) is 0 Å². The highest BCUT2D eigenvalue weighted by molar-refractivity contribution is 6.07. The Balaban J connectivity index is 2.20. The molecular formula is C14H13NO2. The normalized spacial score (nSPS) is 10.2. The van der Waals surface area contributed by atoms with Crippen molar-refractivity contribution in [2.45, 2.75) is 6.61 Å². The van der Waals surface area contributed by atoms with Crippen LogP contribution in [-0.2, 0) is 11.3 Å². The number of carbonyl (C=O) groups is 1. The van der Waals surface area contributed by atoms with Crippen molar-refractivity contribution in [2.75, 3.05) is 7.11 Å². The molecule has 0 aliphatic carbocycles. The summed E-state index contributed by atoms with van der Waals surface area (Å²) in [5, 5.41) is 0. The molecule has 17 heavy (non-hydrogen) atoms. The second kappa shape index (κ2) is 5.37. The zero-order chi connectivity index (χ0) is 12.1. The van der Waals surface area contributed by atoms with E-state index >= 15 is 0 Å². The quantitative estimate of drug-likeness (QED) is 0.753. The summed E-state index contributed by atoms with van der Waals surface area (Å²) in [6.07, 6.45) is 1.62. The van der Waals surface area contributed by atoms with Gasteiger partial charge in [-0.25, -0.2) is 0 Å². The number of pyridine rings is 1. The summed E-state index contributed by atoms with van der Waals surface area (Å²) in [5.41, 5.74) is 2.15. The van der Waals surface area contributed by atoms with Gasteiger partial charge < -0.3 is 4.74 Å². The van der Waals surface area contributed by atoms with E-state index < -0.39 is 0 Å². The van der Waals surface area contributed by atoms with E-state index in [9.17, 15) is 4.79 Å². The van der Waals surface area contributed by atoms with E-state index in [1.807, 2.05) is 12.1 Å². The van der Waals surface area contributed by atoms with Crippen LogP contribution < -0.4 is 0 Å².